The van der Waals surface area contributed by atoms with Gasteiger partial charge in [-0.1, -0.05) is 32.1 Å². The highest BCUT2D eigenvalue weighted by molar-refractivity contribution is 7.89. The van der Waals surface area contributed by atoms with E-state index < -0.39 is 10.0 Å². The molecule has 2 N–H and O–H groups in total. The first-order valence-electron chi connectivity index (χ1n) is 8.82. The normalized spacial score (nSPS) is 21.5. The standard InChI is InChI=1S/C16H30N2O4S/c17-23(20,21)13-7-2-1-4-8-15(19)18-11-12-22-16(14-18)9-5-3-6-10-16/h1-14H2,(H2,17,20,21). The maximum Gasteiger partial charge on any atom is 0.222 e. The van der Waals surface area contributed by atoms with Gasteiger partial charge in [-0.25, -0.2) is 13.6 Å². The number of amides is 1. The number of nitrogens with zero attached hydrogens (tertiary/aromatic N) is 1. The van der Waals surface area contributed by atoms with Gasteiger partial charge in [-0.3, -0.25) is 4.79 Å². The van der Waals surface area contributed by atoms with E-state index >= 15 is 0 Å². The number of rotatable bonds is 7. The molecule has 1 spiro atoms. The number of primary sulfonamides is 1. The van der Waals surface area contributed by atoms with Crippen molar-refractivity contribution >= 4 is 15.9 Å². The summed E-state index contributed by atoms with van der Waals surface area (Å²) >= 11 is 0. The van der Waals surface area contributed by atoms with E-state index in [0.29, 0.717) is 26.0 Å². The fourth-order valence-electron chi connectivity index (χ4n) is 3.65. The molecule has 0 bridgehead atoms. The Kier molecular flexibility index (Phi) is 6.85. The number of nitrogens with two attached hydrogens (primary N) is 1. The van der Waals surface area contributed by atoms with Crippen LogP contribution in [0.5, 0.6) is 0 Å². The van der Waals surface area contributed by atoms with Crippen LogP contribution in [0.1, 0.15) is 64.2 Å². The molecule has 7 heteroatoms. The van der Waals surface area contributed by atoms with Gasteiger partial charge in [0.2, 0.25) is 15.9 Å². The predicted octanol–water partition coefficient (Wildman–Crippen LogP) is 1.79. The minimum absolute atomic E-state index is 0.0347. The lowest BCUT2D eigenvalue weighted by atomic mass is 9.83. The molecule has 1 saturated heterocycles. The smallest absolute Gasteiger partial charge is 0.222 e. The van der Waals surface area contributed by atoms with Gasteiger partial charge < -0.3 is 9.64 Å². The van der Waals surface area contributed by atoms with Crippen molar-refractivity contribution in [3.05, 3.63) is 0 Å². The summed E-state index contributed by atoms with van der Waals surface area (Å²) in [7, 11) is -3.35. The van der Waals surface area contributed by atoms with E-state index in [1.807, 2.05) is 4.90 Å². The zero-order chi connectivity index (χ0) is 16.8. The Morgan fingerprint density at radius 3 is 2.48 bits per heavy atom. The number of morpholine rings is 1. The average molecular weight is 346 g/mol. The highest BCUT2D eigenvalue weighted by Gasteiger charge is 2.38. The number of unbranched alkanes of at least 4 members (excludes halogenated alkanes) is 3. The third kappa shape index (κ3) is 6.39. The maximum absolute atomic E-state index is 12.4. The van der Waals surface area contributed by atoms with Crippen LogP contribution in [0.3, 0.4) is 0 Å². The van der Waals surface area contributed by atoms with E-state index in [1.165, 1.54) is 19.3 Å². The molecule has 1 saturated carbocycles. The van der Waals surface area contributed by atoms with Gasteiger partial charge >= 0.3 is 0 Å². The van der Waals surface area contributed by atoms with E-state index in [2.05, 4.69) is 0 Å². The summed E-state index contributed by atoms with van der Waals surface area (Å²) in [6, 6.07) is 0. The fraction of sp³-hybridized carbons (Fsp3) is 0.938. The molecule has 0 radical (unpaired) electrons. The zero-order valence-corrected chi connectivity index (χ0v) is 14.8. The summed E-state index contributed by atoms with van der Waals surface area (Å²) in [6.07, 6.45) is 9.44. The van der Waals surface area contributed by atoms with Gasteiger partial charge in [0.1, 0.15) is 0 Å². The molecule has 1 amide bonds. The second-order valence-electron chi connectivity index (χ2n) is 6.94. The number of carbonyl (C=O) groups excluding carboxylic acids is 1. The minimum Gasteiger partial charge on any atom is -0.371 e. The van der Waals surface area contributed by atoms with Crippen LogP contribution < -0.4 is 5.14 Å². The van der Waals surface area contributed by atoms with Crippen molar-refractivity contribution in [2.45, 2.75) is 69.8 Å². The molecule has 0 aromatic heterocycles. The van der Waals surface area contributed by atoms with E-state index in [4.69, 9.17) is 9.88 Å². The number of hydrogen-bond donors (Lipinski definition) is 1. The van der Waals surface area contributed by atoms with Crippen LogP contribution in [0.15, 0.2) is 0 Å². The second-order valence-corrected chi connectivity index (χ2v) is 8.67. The average Bonchev–Trinajstić information content (AvgIpc) is 2.50. The molecule has 1 heterocycles. The van der Waals surface area contributed by atoms with Crippen molar-refractivity contribution in [3.8, 4) is 0 Å². The summed E-state index contributed by atoms with van der Waals surface area (Å²) in [5.41, 5.74) is -0.0817. The Bertz CT molecular complexity index is 481. The summed E-state index contributed by atoms with van der Waals surface area (Å²) in [5.74, 6) is 0.247. The van der Waals surface area contributed by atoms with E-state index in [9.17, 15) is 13.2 Å². The molecule has 2 fully saturated rings. The molecule has 2 rings (SSSR count). The first-order chi connectivity index (χ1) is 10.9. The van der Waals surface area contributed by atoms with Crippen LogP contribution in [0.4, 0.5) is 0 Å². The lowest BCUT2D eigenvalue weighted by molar-refractivity contribution is -0.156. The van der Waals surface area contributed by atoms with Crippen LogP contribution in [0, 0.1) is 0 Å². The van der Waals surface area contributed by atoms with E-state index in [-0.39, 0.29) is 17.3 Å². The van der Waals surface area contributed by atoms with Gasteiger partial charge in [0.05, 0.1) is 18.0 Å². The maximum atomic E-state index is 12.4. The Morgan fingerprint density at radius 1 is 1.09 bits per heavy atom. The van der Waals surface area contributed by atoms with E-state index in [0.717, 1.165) is 38.6 Å². The quantitative estimate of drug-likeness (QED) is 0.712. The molecule has 1 aliphatic heterocycles. The van der Waals surface area contributed by atoms with Crippen LogP contribution in [0.25, 0.3) is 0 Å². The van der Waals surface area contributed by atoms with Crippen molar-refractivity contribution in [1.29, 1.82) is 0 Å². The first-order valence-corrected chi connectivity index (χ1v) is 10.5. The Morgan fingerprint density at radius 2 is 1.78 bits per heavy atom. The lowest BCUT2D eigenvalue weighted by Crippen LogP contribution is -2.54. The summed E-state index contributed by atoms with van der Waals surface area (Å²) in [4.78, 5) is 14.3. The lowest BCUT2D eigenvalue weighted by Gasteiger charge is -2.45. The molecule has 0 aromatic rings. The van der Waals surface area contributed by atoms with Crippen LogP contribution in [-0.4, -0.2) is 50.3 Å². The van der Waals surface area contributed by atoms with Gasteiger partial charge in [-0.05, 0) is 25.7 Å². The van der Waals surface area contributed by atoms with Crippen molar-refractivity contribution < 1.29 is 17.9 Å². The summed E-state index contributed by atoms with van der Waals surface area (Å²) in [5, 5.41) is 4.96. The largest absolute Gasteiger partial charge is 0.371 e. The monoisotopic (exact) mass is 346 g/mol. The highest BCUT2D eigenvalue weighted by atomic mass is 32.2. The van der Waals surface area contributed by atoms with Crippen LogP contribution >= 0.6 is 0 Å². The topological polar surface area (TPSA) is 89.7 Å². The number of ether oxygens (including phenoxy) is 1. The van der Waals surface area contributed by atoms with E-state index in [1.54, 1.807) is 0 Å². The van der Waals surface area contributed by atoms with Gasteiger partial charge in [-0.2, -0.15) is 0 Å². The van der Waals surface area contributed by atoms with Crippen molar-refractivity contribution in [2.75, 3.05) is 25.4 Å². The Labute approximate surface area is 139 Å². The molecule has 0 unspecified atom stereocenters. The van der Waals surface area contributed by atoms with Crippen LogP contribution in [0.2, 0.25) is 0 Å². The molecular formula is C16H30N2O4S. The highest BCUT2D eigenvalue weighted by Crippen LogP contribution is 2.34. The molecule has 134 valence electrons. The molecule has 2 aliphatic rings. The second kappa shape index (κ2) is 8.44. The predicted molar refractivity (Wildman–Crippen MR) is 89.4 cm³/mol. The minimum atomic E-state index is -3.35. The molecule has 0 aromatic carbocycles. The SMILES string of the molecule is NS(=O)(=O)CCCCCCC(=O)N1CCOC2(CCCCC2)C1. The first kappa shape index (κ1) is 18.7. The molecule has 23 heavy (non-hydrogen) atoms. The fourth-order valence-corrected chi connectivity index (χ4v) is 4.25. The number of carbonyl (C=O) groups is 1. The number of hydrogen-bond acceptors (Lipinski definition) is 4. The Hall–Kier alpha value is -0.660. The molecule has 0 atom stereocenters. The Balaban J connectivity index is 1.65. The summed E-state index contributed by atoms with van der Waals surface area (Å²) in [6.45, 7) is 2.10. The zero-order valence-electron chi connectivity index (χ0n) is 14.0. The summed E-state index contributed by atoms with van der Waals surface area (Å²) < 4.78 is 27.7. The molecular weight excluding hydrogens is 316 g/mol. The third-order valence-electron chi connectivity index (χ3n) is 4.94. The number of sulfonamides is 1. The van der Waals surface area contributed by atoms with Crippen molar-refractivity contribution in [3.63, 3.8) is 0 Å². The van der Waals surface area contributed by atoms with Gasteiger partial charge in [0, 0.05) is 19.5 Å². The van der Waals surface area contributed by atoms with Gasteiger partial charge in [0.15, 0.2) is 0 Å². The van der Waals surface area contributed by atoms with Crippen molar-refractivity contribution in [1.82, 2.24) is 4.90 Å². The third-order valence-corrected chi connectivity index (χ3v) is 5.79. The van der Waals surface area contributed by atoms with Gasteiger partial charge in [0.25, 0.3) is 0 Å². The van der Waals surface area contributed by atoms with Crippen LogP contribution in [-0.2, 0) is 19.6 Å². The molecule has 1 aliphatic carbocycles. The van der Waals surface area contributed by atoms with Gasteiger partial charge in [-0.15, -0.1) is 0 Å². The van der Waals surface area contributed by atoms with Crippen molar-refractivity contribution in [2.24, 2.45) is 5.14 Å². The molecule has 6 nitrogen and oxygen atoms in total.